The minimum atomic E-state index is -0.698. The Labute approximate surface area is 136 Å². The smallest absolute Gasteiger partial charge is 0.395 e. The van der Waals surface area contributed by atoms with Crippen molar-refractivity contribution in [1.82, 2.24) is 4.90 Å². The lowest BCUT2D eigenvalue weighted by molar-refractivity contribution is -0.402. The summed E-state index contributed by atoms with van der Waals surface area (Å²) in [5.41, 5.74) is 0.711. The van der Waals surface area contributed by atoms with E-state index in [2.05, 4.69) is 0 Å². The summed E-state index contributed by atoms with van der Waals surface area (Å²) in [4.78, 5) is 23.6. The molecule has 0 N–H and O–H groups in total. The van der Waals surface area contributed by atoms with Crippen LogP contribution in [0.4, 0.5) is 5.88 Å². The van der Waals surface area contributed by atoms with Crippen molar-refractivity contribution in [1.29, 1.82) is 0 Å². The number of carbonyl (C=O) groups is 1. The van der Waals surface area contributed by atoms with Gasteiger partial charge in [0.25, 0.3) is 5.91 Å². The van der Waals surface area contributed by atoms with Gasteiger partial charge in [-0.1, -0.05) is 29.3 Å². The normalized spacial score (nSPS) is 12.0. The van der Waals surface area contributed by atoms with Crippen LogP contribution >= 0.6 is 23.2 Å². The molecule has 2 aromatic rings. The van der Waals surface area contributed by atoms with Crippen molar-refractivity contribution >= 4 is 35.0 Å². The van der Waals surface area contributed by atoms with Crippen LogP contribution in [0.25, 0.3) is 0 Å². The highest BCUT2D eigenvalue weighted by Crippen LogP contribution is 2.30. The third-order valence-electron chi connectivity index (χ3n) is 3.30. The number of carbonyl (C=O) groups excluding carboxylic acids is 1. The highest BCUT2D eigenvalue weighted by molar-refractivity contribution is 6.35. The van der Waals surface area contributed by atoms with Crippen molar-refractivity contribution in [2.45, 2.75) is 13.0 Å². The zero-order valence-corrected chi connectivity index (χ0v) is 13.3. The third-order valence-corrected chi connectivity index (χ3v) is 3.86. The maximum Gasteiger partial charge on any atom is 0.433 e. The van der Waals surface area contributed by atoms with E-state index in [1.54, 1.807) is 32.2 Å². The van der Waals surface area contributed by atoms with Crippen LogP contribution in [0.3, 0.4) is 0 Å². The molecule has 1 atom stereocenters. The van der Waals surface area contributed by atoms with Crippen molar-refractivity contribution in [3.05, 3.63) is 61.8 Å². The molecule has 0 aliphatic heterocycles. The van der Waals surface area contributed by atoms with Gasteiger partial charge in [0.1, 0.15) is 4.92 Å². The maximum atomic E-state index is 12.3. The SMILES string of the molecule is C[C@@H](c1ccc(Cl)cc1Cl)N(C)C(=O)c1ccc([N+](=O)[O-])o1. The van der Waals surface area contributed by atoms with Crippen LogP contribution in [-0.2, 0) is 0 Å². The molecule has 0 radical (unpaired) electrons. The minimum Gasteiger partial charge on any atom is -0.395 e. The van der Waals surface area contributed by atoms with Crippen LogP contribution in [-0.4, -0.2) is 22.8 Å². The lowest BCUT2D eigenvalue weighted by atomic mass is 10.1. The van der Waals surface area contributed by atoms with Gasteiger partial charge in [-0.2, -0.15) is 0 Å². The molecule has 116 valence electrons. The Morgan fingerprint density at radius 1 is 1.32 bits per heavy atom. The molecule has 0 saturated heterocycles. The molecule has 2 rings (SSSR count). The number of hydrogen-bond acceptors (Lipinski definition) is 4. The van der Waals surface area contributed by atoms with Gasteiger partial charge in [-0.05, 0) is 30.7 Å². The lowest BCUT2D eigenvalue weighted by Crippen LogP contribution is -2.29. The molecule has 0 aliphatic carbocycles. The molecule has 0 spiro atoms. The Morgan fingerprint density at radius 2 is 2.00 bits per heavy atom. The van der Waals surface area contributed by atoms with Crippen molar-refractivity contribution in [2.75, 3.05) is 7.05 Å². The molecule has 0 aliphatic rings. The molecule has 8 heteroatoms. The molecule has 1 aromatic carbocycles. The van der Waals surface area contributed by atoms with Crippen molar-refractivity contribution in [3.8, 4) is 0 Å². The second-order valence-corrected chi connectivity index (χ2v) is 5.50. The van der Waals surface area contributed by atoms with E-state index < -0.39 is 16.7 Å². The standard InChI is InChI=1S/C14H12Cl2N2O4/c1-8(10-4-3-9(15)7-11(10)16)17(2)14(19)12-5-6-13(22-12)18(20)21/h3-8H,1-2H3/t8-/m0/s1. The number of benzene rings is 1. The second-order valence-electron chi connectivity index (χ2n) is 4.65. The Hall–Kier alpha value is -2.05. The average Bonchev–Trinajstić information content (AvgIpc) is 2.95. The van der Waals surface area contributed by atoms with Gasteiger partial charge in [0.05, 0.1) is 12.1 Å². The van der Waals surface area contributed by atoms with Crippen LogP contribution < -0.4 is 0 Å². The number of halogens is 2. The van der Waals surface area contributed by atoms with E-state index in [4.69, 9.17) is 27.6 Å². The predicted molar refractivity (Wildman–Crippen MR) is 82.3 cm³/mol. The zero-order chi connectivity index (χ0) is 16.4. The highest BCUT2D eigenvalue weighted by atomic mass is 35.5. The molecule has 0 bridgehead atoms. The van der Waals surface area contributed by atoms with Crippen LogP contribution in [0.1, 0.15) is 29.1 Å². The number of amides is 1. The van der Waals surface area contributed by atoms with Gasteiger partial charge in [0, 0.05) is 17.1 Å². The topological polar surface area (TPSA) is 76.6 Å². The molecule has 1 amide bonds. The number of hydrogen-bond donors (Lipinski definition) is 0. The van der Waals surface area contributed by atoms with E-state index in [9.17, 15) is 14.9 Å². The number of rotatable bonds is 4. The van der Waals surface area contributed by atoms with Gasteiger partial charge < -0.3 is 9.32 Å². The van der Waals surface area contributed by atoms with Gasteiger partial charge in [-0.3, -0.25) is 14.9 Å². The summed E-state index contributed by atoms with van der Waals surface area (Å²) in [6.07, 6.45) is 0. The van der Waals surface area contributed by atoms with Crippen LogP contribution in [0.5, 0.6) is 0 Å². The van der Waals surface area contributed by atoms with Crippen LogP contribution in [0.15, 0.2) is 34.7 Å². The van der Waals surface area contributed by atoms with Crippen molar-refractivity contribution in [3.63, 3.8) is 0 Å². The first-order valence-corrected chi connectivity index (χ1v) is 7.03. The Bertz CT molecular complexity index is 729. The summed E-state index contributed by atoms with van der Waals surface area (Å²) in [5.74, 6) is -1.06. The van der Waals surface area contributed by atoms with Gasteiger partial charge in [0.15, 0.2) is 5.76 Å². The molecule has 0 saturated carbocycles. The van der Waals surface area contributed by atoms with Gasteiger partial charge in [-0.25, -0.2) is 0 Å². The fraction of sp³-hybridized carbons (Fsp3) is 0.214. The van der Waals surface area contributed by atoms with E-state index >= 15 is 0 Å². The lowest BCUT2D eigenvalue weighted by Gasteiger charge is -2.25. The quantitative estimate of drug-likeness (QED) is 0.612. The number of nitrogens with zero attached hydrogens (tertiary/aromatic N) is 2. The summed E-state index contributed by atoms with van der Waals surface area (Å²) in [6.45, 7) is 1.78. The van der Waals surface area contributed by atoms with Crippen LogP contribution in [0.2, 0.25) is 10.0 Å². The van der Waals surface area contributed by atoms with E-state index in [-0.39, 0.29) is 11.8 Å². The summed E-state index contributed by atoms with van der Waals surface area (Å²) in [7, 11) is 1.56. The summed E-state index contributed by atoms with van der Waals surface area (Å²) in [6, 6.07) is 7.04. The average molecular weight is 343 g/mol. The first kappa shape index (κ1) is 16.3. The maximum absolute atomic E-state index is 12.3. The van der Waals surface area contributed by atoms with Crippen molar-refractivity contribution in [2.24, 2.45) is 0 Å². The Balaban J connectivity index is 2.23. The number of nitro groups is 1. The first-order valence-electron chi connectivity index (χ1n) is 6.27. The minimum absolute atomic E-state index is 0.105. The third kappa shape index (κ3) is 3.23. The zero-order valence-electron chi connectivity index (χ0n) is 11.7. The van der Waals surface area contributed by atoms with E-state index in [1.807, 2.05) is 0 Å². The molecular formula is C14H12Cl2N2O4. The predicted octanol–water partition coefficient (Wildman–Crippen LogP) is 4.33. The molecule has 6 nitrogen and oxygen atoms in total. The van der Waals surface area contributed by atoms with Crippen LogP contribution in [0, 0.1) is 10.1 Å². The van der Waals surface area contributed by atoms with Gasteiger partial charge in [-0.15, -0.1) is 0 Å². The summed E-state index contributed by atoms with van der Waals surface area (Å²) in [5, 5.41) is 11.5. The fourth-order valence-corrected chi connectivity index (χ4v) is 2.51. The van der Waals surface area contributed by atoms with Gasteiger partial charge in [0.2, 0.25) is 0 Å². The molecule has 22 heavy (non-hydrogen) atoms. The van der Waals surface area contributed by atoms with Crippen molar-refractivity contribution < 1.29 is 14.1 Å². The molecule has 0 unspecified atom stereocenters. The van der Waals surface area contributed by atoms with E-state index in [1.165, 1.54) is 11.0 Å². The Kier molecular flexibility index (Phi) is 4.73. The monoisotopic (exact) mass is 342 g/mol. The summed E-state index contributed by atoms with van der Waals surface area (Å²) < 4.78 is 4.92. The van der Waals surface area contributed by atoms with E-state index in [0.717, 1.165) is 6.07 Å². The summed E-state index contributed by atoms with van der Waals surface area (Å²) >= 11 is 12.0. The Morgan fingerprint density at radius 3 is 2.55 bits per heavy atom. The molecule has 0 fully saturated rings. The first-order chi connectivity index (χ1) is 10.3. The second kappa shape index (κ2) is 6.37. The van der Waals surface area contributed by atoms with Gasteiger partial charge >= 0.3 is 5.88 Å². The largest absolute Gasteiger partial charge is 0.433 e. The highest BCUT2D eigenvalue weighted by Gasteiger charge is 2.25. The molecule has 1 aromatic heterocycles. The van der Waals surface area contributed by atoms with E-state index in [0.29, 0.717) is 15.6 Å². The molecule has 1 heterocycles. The number of furan rings is 1. The fourth-order valence-electron chi connectivity index (χ4n) is 1.94. The molecular weight excluding hydrogens is 331 g/mol.